The van der Waals surface area contributed by atoms with Gasteiger partial charge >= 0.3 is 5.97 Å². The summed E-state index contributed by atoms with van der Waals surface area (Å²) in [6, 6.07) is 5.89. The summed E-state index contributed by atoms with van der Waals surface area (Å²) in [5.41, 5.74) is 1.10. The Morgan fingerprint density at radius 2 is 2.25 bits per heavy atom. The third kappa shape index (κ3) is 3.11. The number of carbonyl (C=O) groups excluding carboxylic acids is 1. The van der Waals surface area contributed by atoms with Crippen LogP contribution >= 0.6 is 11.6 Å². The van der Waals surface area contributed by atoms with Gasteiger partial charge in [0.05, 0.1) is 18.2 Å². The third-order valence-corrected chi connectivity index (χ3v) is 2.83. The second-order valence-electron chi connectivity index (χ2n) is 3.92. The molecule has 0 radical (unpaired) electrons. The Bertz CT molecular complexity index is 634. The van der Waals surface area contributed by atoms with Gasteiger partial charge in [-0.05, 0) is 19.1 Å². The maximum Gasteiger partial charge on any atom is 0.341 e. The van der Waals surface area contributed by atoms with Crippen LogP contribution < -0.4 is 0 Å². The van der Waals surface area contributed by atoms with Gasteiger partial charge in [-0.2, -0.15) is 0 Å². The summed E-state index contributed by atoms with van der Waals surface area (Å²) < 4.78 is 18.1. The van der Waals surface area contributed by atoms with Gasteiger partial charge < -0.3 is 4.74 Å². The number of hydrogen-bond donors (Lipinski definition) is 0. The molecule has 0 saturated carbocycles. The monoisotopic (exact) mass is 294 g/mol. The number of ether oxygens (including phenoxy) is 1. The lowest BCUT2D eigenvalue weighted by Gasteiger charge is -2.07. The van der Waals surface area contributed by atoms with Crippen molar-refractivity contribution in [2.75, 3.05) is 6.61 Å². The van der Waals surface area contributed by atoms with Crippen molar-refractivity contribution in [1.29, 1.82) is 0 Å². The van der Waals surface area contributed by atoms with E-state index in [1.54, 1.807) is 19.1 Å². The van der Waals surface area contributed by atoms with Crippen LogP contribution in [0, 0.1) is 5.82 Å². The molecule has 1 heterocycles. The largest absolute Gasteiger partial charge is 0.462 e. The Kier molecular flexibility index (Phi) is 4.63. The molecule has 0 aliphatic heterocycles. The van der Waals surface area contributed by atoms with E-state index < -0.39 is 5.97 Å². The minimum Gasteiger partial charge on any atom is -0.462 e. The van der Waals surface area contributed by atoms with Crippen molar-refractivity contribution in [1.82, 2.24) is 9.97 Å². The lowest BCUT2D eigenvalue weighted by molar-refractivity contribution is 0.0524. The Balaban J connectivity index is 2.41. The highest BCUT2D eigenvalue weighted by Gasteiger charge is 2.15. The number of benzene rings is 1. The van der Waals surface area contributed by atoms with E-state index in [1.165, 1.54) is 18.3 Å². The van der Waals surface area contributed by atoms with Crippen LogP contribution in [0.4, 0.5) is 4.39 Å². The van der Waals surface area contributed by atoms with E-state index in [9.17, 15) is 9.18 Å². The molecule has 0 unspecified atom stereocenters. The highest BCUT2D eigenvalue weighted by atomic mass is 35.5. The smallest absolute Gasteiger partial charge is 0.341 e. The van der Waals surface area contributed by atoms with E-state index in [1.807, 2.05) is 0 Å². The maximum absolute atomic E-state index is 13.2. The van der Waals surface area contributed by atoms with Gasteiger partial charge in [-0.25, -0.2) is 19.2 Å². The Morgan fingerprint density at radius 1 is 1.45 bits per heavy atom. The summed E-state index contributed by atoms with van der Waals surface area (Å²) in [6.45, 7) is 1.96. The zero-order chi connectivity index (χ0) is 14.5. The fourth-order valence-corrected chi connectivity index (χ4v) is 1.87. The van der Waals surface area contributed by atoms with Gasteiger partial charge in [0.25, 0.3) is 0 Å². The van der Waals surface area contributed by atoms with E-state index in [0.29, 0.717) is 17.1 Å². The fraction of sp³-hybridized carbons (Fsp3) is 0.214. The SMILES string of the molecule is CCOC(=O)c1cnc(-c2cccc(F)c2)nc1CCl. The molecule has 104 valence electrons. The molecular weight excluding hydrogens is 283 g/mol. The first kappa shape index (κ1) is 14.4. The maximum atomic E-state index is 13.2. The topological polar surface area (TPSA) is 52.1 Å². The minimum absolute atomic E-state index is 0.0407. The summed E-state index contributed by atoms with van der Waals surface area (Å²) in [5, 5.41) is 0. The highest BCUT2D eigenvalue weighted by Crippen LogP contribution is 2.19. The molecule has 6 heteroatoms. The van der Waals surface area contributed by atoms with Gasteiger partial charge in [-0.1, -0.05) is 12.1 Å². The number of alkyl halides is 1. The van der Waals surface area contributed by atoms with Gasteiger partial charge in [-0.15, -0.1) is 11.6 Å². The van der Waals surface area contributed by atoms with Crippen LogP contribution in [0.5, 0.6) is 0 Å². The first-order chi connectivity index (χ1) is 9.65. The summed E-state index contributed by atoms with van der Waals surface area (Å²) in [7, 11) is 0. The molecule has 0 spiro atoms. The molecule has 0 amide bonds. The number of nitrogens with zero attached hydrogens (tertiary/aromatic N) is 2. The molecule has 2 rings (SSSR count). The lowest BCUT2D eigenvalue weighted by atomic mass is 10.2. The molecule has 0 aliphatic rings. The van der Waals surface area contributed by atoms with Gasteiger partial charge in [0.2, 0.25) is 0 Å². The molecule has 1 aromatic carbocycles. The second kappa shape index (κ2) is 6.43. The van der Waals surface area contributed by atoms with Crippen molar-refractivity contribution >= 4 is 17.6 Å². The number of hydrogen-bond acceptors (Lipinski definition) is 4. The third-order valence-electron chi connectivity index (χ3n) is 2.57. The molecule has 0 aliphatic carbocycles. The second-order valence-corrected chi connectivity index (χ2v) is 4.19. The van der Waals surface area contributed by atoms with Crippen LogP contribution in [0.15, 0.2) is 30.5 Å². The molecule has 2 aromatic rings. The first-order valence-electron chi connectivity index (χ1n) is 6.00. The standard InChI is InChI=1S/C14H12ClFN2O2/c1-2-20-14(19)11-8-17-13(18-12(11)7-15)9-4-3-5-10(16)6-9/h3-6,8H,2,7H2,1H3. The number of aromatic nitrogens is 2. The van der Waals surface area contributed by atoms with E-state index >= 15 is 0 Å². The Hall–Kier alpha value is -2.01. The highest BCUT2D eigenvalue weighted by molar-refractivity contribution is 6.17. The lowest BCUT2D eigenvalue weighted by Crippen LogP contribution is -2.10. The zero-order valence-corrected chi connectivity index (χ0v) is 11.5. The molecule has 0 N–H and O–H groups in total. The number of halogens is 2. The van der Waals surface area contributed by atoms with Crippen molar-refractivity contribution < 1.29 is 13.9 Å². The molecule has 0 saturated heterocycles. The minimum atomic E-state index is -0.519. The summed E-state index contributed by atoms with van der Waals surface area (Å²) in [4.78, 5) is 20.0. The van der Waals surface area contributed by atoms with Crippen LogP contribution in [0.1, 0.15) is 23.0 Å². The van der Waals surface area contributed by atoms with Crippen molar-refractivity contribution in [3.63, 3.8) is 0 Å². The molecule has 20 heavy (non-hydrogen) atoms. The van der Waals surface area contributed by atoms with E-state index in [-0.39, 0.29) is 23.9 Å². The normalized spacial score (nSPS) is 10.3. The van der Waals surface area contributed by atoms with Crippen LogP contribution in [0.3, 0.4) is 0 Å². The number of rotatable bonds is 4. The van der Waals surface area contributed by atoms with E-state index in [0.717, 1.165) is 0 Å². The predicted octanol–water partition coefficient (Wildman–Crippen LogP) is 3.20. The van der Waals surface area contributed by atoms with Crippen molar-refractivity contribution in [3.05, 3.63) is 47.5 Å². The van der Waals surface area contributed by atoms with E-state index in [4.69, 9.17) is 16.3 Å². The predicted molar refractivity (Wildman–Crippen MR) is 72.9 cm³/mol. The summed E-state index contributed by atoms with van der Waals surface area (Å²) in [5.74, 6) is -0.547. The van der Waals surface area contributed by atoms with Crippen LogP contribution in [0.2, 0.25) is 0 Å². The average molecular weight is 295 g/mol. The van der Waals surface area contributed by atoms with Gasteiger partial charge in [0.15, 0.2) is 5.82 Å². The summed E-state index contributed by atoms with van der Waals surface area (Å²) >= 11 is 5.79. The average Bonchev–Trinajstić information content (AvgIpc) is 2.46. The van der Waals surface area contributed by atoms with Crippen molar-refractivity contribution in [2.24, 2.45) is 0 Å². The molecular formula is C14H12ClFN2O2. The van der Waals surface area contributed by atoms with Crippen LogP contribution in [-0.2, 0) is 10.6 Å². The van der Waals surface area contributed by atoms with E-state index in [2.05, 4.69) is 9.97 Å². The van der Waals surface area contributed by atoms with Gasteiger partial charge in [0, 0.05) is 11.8 Å². The van der Waals surface area contributed by atoms with Crippen molar-refractivity contribution in [2.45, 2.75) is 12.8 Å². The Labute approximate surface area is 120 Å². The quantitative estimate of drug-likeness (QED) is 0.642. The summed E-state index contributed by atoms with van der Waals surface area (Å²) in [6.07, 6.45) is 1.35. The fourth-order valence-electron chi connectivity index (χ4n) is 1.67. The molecule has 0 fully saturated rings. The molecule has 1 aromatic heterocycles. The van der Waals surface area contributed by atoms with Crippen LogP contribution in [0.25, 0.3) is 11.4 Å². The van der Waals surface area contributed by atoms with Gasteiger partial charge in [-0.3, -0.25) is 0 Å². The molecule has 4 nitrogen and oxygen atoms in total. The first-order valence-corrected chi connectivity index (χ1v) is 6.54. The number of carbonyl (C=O) groups is 1. The van der Waals surface area contributed by atoms with Crippen molar-refractivity contribution in [3.8, 4) is 11.4 Å². The molecule has 0 bridgehead atoms. The zero-order valence-electron chi connectivity index (χ0n) is 10.8. The van der Waals surface area contributed by atoms with Crippen LogP contribution in [-0.4, -0.2) is 22.5 Å². The van der Waals surface area contributed by atoms with Gasteiger partial charge in [0.1, 0.15) is 11.4 Å². The Morgan fingerprint density at radius 3 is 2.90 bits per heavy atom. The molecule has 0 atom stereocenters. The number of esters is 1.